The summed E-state index contributed by atoms with van der Waals surface area (Å²) in [6, 6.07) is 18.4. The number of nitrogens with zero attached hydrogens (tertiary/aromatic N) is 4. The molecule has 6 rings (SSSR count). The Bertz CT molecular complexity index is 1430. The Morgan fingerprint density at radius 2 is 1.89 bits per heavy atom. The molecule has 0 radical (unpaired) electrons. The van der Waals surface area contributed by atoms with Crippen molar-refractivity contribution < 1.29 is 9.53 Å². The van der Waals surface area contributed by atoms with Gasteiger partial charge >= 0.3 is 0 Å². The molecule has 1 saturated heterocycles. The molecule has 190 valence electrons. The van der Waals surface area contributed by atoms with Crippen LogP contribution in [-0.2, 0) is 29.1 Å². The minimum Gasteiger partial charge on any atom is -0.376 e. The SMILES string of the molecule is Cc1cc2c(NC(=O)CN3CCCC3)cccc2n1-c1nc2c(c(NCc3ccccc3)n1)COCC2. The van der Waals surface area contributed by atoms with Crippen molar-refractivity contribution in [1.82, 2.24) is 19.4 Å². The zero-order valence-electron chi connectivity index (χ0n) is 21.2. The summed E-state index contributed by atoms with van der Waals surface area (Å²) in [6.45, 7) is 6.30. The number of nitrogens with one attached hydrogen (secondary N) is 2. The molecule has 0 spiro atoms. The first-order valence-electron chi connectivity index (χ1n) is 13.0. The van der Waals surface area contributed by atoms with E-state index in [-0.39, 0.29) is 5.91 Å². The Labute approximate surface area is 216 Å². The third kappa shape index (κ3) is 4.95. The fourth-order valence-electron chi connectivity index (χ4n) is 5.32. The predicted molar refractivity (Wildman–Crippen MR) is 145 cm³/mol. The maximum absolute atomic E-state index is 12.8. The van der Waals surface area contributed by atoms with Crippen molar-refractivity contribution in [3.05, 3.63) is 77.1 Å². The van der Waals surface area contributed by atoms with Crippen molar-refractivity contribution in [2.24, 2.45) is 0 Å². The number of amides is 1. The highest BCUT2D eigenvalue weighted by atomic mass is 16.5. The fourth-order valence-corrected chi connectivity index (χ4v) is 5.32. The lowest BCUT2D eigenvalue weighted by Crippen LogP contribution is -2.30. The number of ether oxygens (including phenoxy) is 1. The summed E-state index contributed by atoms with van der Waals surface area (Å²) in [5.41, 5.74) is 6.02. The van der Waals surface area contributed by atoms with E-state index in [1.807, 2.05) is 30.3 Å². The van der Waals surface area contributed by atoms with Gasteiger partial charge in [-0.3, -0.25) is 14.3 Å². The van der Waals surface area contributed by atoms with Crippen LogP contribution in [0.25, 0.3) is 16.9 Å². The summed E-state index contributed by atoms with van der Waals surface area (Å²) in [6.07, 6.45) is 3.08. The second-order valence-corrected chi connectivity index (χ2v) is 9.83. The smallest absolute Gasteiger partial charge is 0.238 e. The van der Waals surface area contributed by atoms with Crippen molar-refractivity contribution >= 4 is 28.3 Å². The summed E-state index contributed by atoms with van der Waals surface area (Å²) in [5, 5.41) is 7.65. The van der Waals surface area contributed by atoms with Crippen LogP contribution in [0.1, 0.15) is 35.4 Å². The van der Waals surface area contributed by atoms with Gasteiger partial charge in [0.25, 0.3) is 0 Å². The van der Waals surface area contributed by atoms with Gasteiger partial charge in [-0.15, -0.1) is 0 Å². The summed E-state index contributed by atoms with van der Waals surface area (Å²) in [5.74, 6) is 1.46. The van der Waals surface area contributed by atoms with E-state index < -0.39 is 0 Å². The predicted octanol–water partition coefficient (Wildman–Crippen LogP) is 4.45. The number of hydrogen-bond donors (Lipinski definition) is 2. The maximum atomic E-state index is 12.8. The van der Waals surface area contributed by atoms with Gasteiger partial charge in [0.1, 0.15) is 5.82 Å². The minimum absolute atomic E-state index is 0.0252. The van der Waals surface area contributed by atoms with Crippen LogP contribution in [0.2, 0.25) is 0 Å². The number of benzene rings is 2. The lowest BCUT2D eigenvalue weighted by Gasteiger charge is -2.21. The molecule has 0 bridgehead atoms. The van der Waals surface area contributed by atoms with Crippen LogP contribution in [0.15, 0.2) is 54.6 Å². The number of anilines is 2. The Kier molecular flexibility index (Phi) is 6.59. The first-order valence-corrected chi connectivity index (χ1v) is 13.0. The number of fused-ring (bicyclic) bond motifs is 2. The summed E-state index contributed by atoms with van der Waals surface area (Å²) in [7, 11) is 0. The number of aromatic nitrogens is 3. The number of rotatable bonds is 7. The van der Waals surface area contributed by atoms with Gasteiger partial charge in [0.15, 0.2) is 0 Å². The number of hydrogen-bond acceptors (Lipinski definition) is 6. The van der Waals surface area contributed by atoms with Gasteiger partial charge in [0, 0.05) is 29.6 Å². The molecule has 4 heterocycles. The van der Waals surface area contributed by atoms with Crippen LogP contribution in [0.3, 0.4) is 0 Å². The lowest BCUT2D eigenvalue weighted by atomic mass is 10.1. The largest absolute Gasteiger partial charge is 0.376 e. The number of aryl methyl sites for hydroxylation is 1. The average molecular weight is 497 g/mol. The number of carbonyl (C=O) groups is 1. The Morgan fingerprint density at radius 1 is 1.05 bits per heavy atom. The van der Waals surface area contributed by atoms with E-state index >= 15 is 0 Å². The Morgan fingerprint density at radius 3 is 2.73 bits per heavy atom. The highest BCUT2D eigenvalue weighted by Crippen LogP contribution is 2.31. The first kappa shape index (κ1) is 23.6. The maximum Gasteiger partial charge on any atom is 0.238 e. The average Bonchev–Trinajstić information content (AvgIpc) is 3.55. The van der Waals surface area contributed by atoms with Crippen molar-refractivity contribution in [2.45, 2.75) is 39.3 Å². The van der Waals surface area contributed by atoms with Gasteiger partial charge < -0.3 is 15.4 Å². The molecule has 2 aliphatic rings. The Hall–Kier alpha value is -3.75. The Balaban J connectivity index is 1.34. The van der Waals surface area contributed by atoms with Crippen molar-refractivity contribution in [1.29, 1.82) is 0 Å². The van der Waals surface area contributed by atoms with E-state index in [9.17, 15) is 4.79 Å². The zero-order valence-corrected chi connectivity index (χ0v) is 21.2. The molecule has 0 atom stereocenters. The van der Waals surface area contributed by atoms with Crippen molar-refractivity contribution in [3.63, 3.8) is 0 Å². The molecule has 0 aliphatic carbocycles. The van der Waals surface area contributed by atoms with Gasteiger partial charge in [0.05, 0.1) is 36.7 Å². The van der Waals surface area contributed by atoms with Gasteiger partial charge in [0.2, 0.25) is 11.9 Å². The highest BCUT2D eigenvalue weighted by Gasteiger charge is 2.22. The molecule has 8 heteroatoms. The van der Waals surface area contributed by atoms with E-state index in [4.69, 9.17) is 14.7 Å². The summed E-state index contributed by atoms with van der Waals surface area (Å²) >= 11 is 0. The van der Waals surface area contributed by atoms with Crippen LogP contribution in [0.5, 0.6) is 0 Å². The van der Waals surface area contributed by atoms with Gasteiger partial charge in [-0.1, -0.05) is 36.4 Å². The quantitative estimate of drug-likeness (QED) is 0.393. The summed E-state index contributed by atoms with van der Waals surface area (Å²) < 4.78 is 7.82. The van der Waals surface area contributed by atoms with Gasteiger partial charge in [-0.25, -0.2) is 4.98 Å². The van der Waals surface area contributed by atoms with E-state index in [0.29, 0.717) is 32.3 Å². The van der Waals surface area contributed by atoms with Crippen LogP contribution in [0.4, 0.5) is 11.5 Å². The second kappa shape index (κ2) is 10.3. The molecule has 8 nitrogen and oxygen atoms in total. The summed E-state index contributed by atoms with van der Waals surface area (Å²) in [4.78, 5) is 24.9. The molecular formula is C29H32N6O2. The molecule has 0 unspecified atom stereocenters. The molecule has 4 aromatic rings. The van der Waals surface area contributed by atoms with E-state index in [1.165, 1.54) is 18.4 Å². The van der Waals surface area contributed by atoms with Gasteiger partial charge in [-0.2, -0.15) is 4.98 Å². The zero-order chi connectivity index (χ0) is 25.2. The van der Waals surface area contributed by atoms with Crippen molar-refractivity contribution in [3.8, 4) is 5.95 Å². The molecule has 1 amide bonds. The van der Waals surface area contributed by atoms with Crippen LogP contribution in [-0.4, -0.2) is 51.6 Å². The first-order chi connectivity index (χ1) is 18.2. The van der Waals surface area contributed by atoms with E-state index in [1.54, 1.807) is 0 Å². The molecule has 37 heavy (non-hydrogen) atoms. The molecule has 2 aromatic heterocycles. The molecular weight excluding hydrogens is 464 g/mol. The van der Waals surface area contributed by atoms with Crippen LogP contribution >= 0.6 is 0 Å². The third-order valence-electron chi connectivity index (χ3n) is 7.18. The standard InChI is InChI=1S/C29H32N6O2/c1-20-16-22-24(31-27(36)18-34-13-5-6-14-34)10-7-11-26(22)35(20)29-32-25-12-15-37-19-23(25)28(33-29)30-17-21-8-3-2-4-9-21/h2-4,7-11,16H,5-6,12-15,17-19H2,1H3,(H,31,36)(H,30,32,33). The normalized spacial score (nSPS) is 15.6. The number of carbonyl (C=O) groups excluding carboxylic acids is 1. The molecule has 0 saturated carbocycles. The topological polar surface area (TPSA) is 84.3 Å². The second-order valence-electron chi connectivity index (χ2n) is 9.83. The molecule has 2 aliphatic heterocycles. The molecule has 2 N–H and O–H groups in total. The number of likely N-dealkylation sites (tertiary alicyclic amines) is 1. The van der Waals surface area contributed by atoms with E-state index in [2.05, 4.69) is 51.3 Å². The molecule has 1 fully saturated rings. The highest BCUT2D eigenvalue weighted by molar-refractivity contribution is 6.02. The third-order valence-corrected chi connectivity index (χ3v) is 7.18. The fraction of sp³-hybridized carbons (Fsp3) is 0.345. The van der Waals surface area contributed by atoms with Crippen LogP contribution < -0.4 is 10.6 Å². The lowest BCUT2D eigenvalue weighted by molar-refractivity contribution is -0.117. The monoisotopic (exact) mass is 496 g/mol. The van der Waals surface area contributed by atoms with Crippen molar-refractivity contribution in [2.75, 3.05) is 36.9 Å². The molecule has 2 aromatic carbocycles. The minimum atomic E-state index is 0.0252. The van der Waals surface area contributed by atoms with Crippen LogP contribution in [0, 0.1) is 6.92 Å². The van der Waals surface area contributed by atoms with Gasteiger partial charge in [-0.05, 0) is 56.6 Å². The van der Waals surface area contributed by atoms with E-state index in [0.717, 1.165) is 58.9 Å².